The lowest BCUT2D eigenvalue weighted by atomic mass is 10.1. The maximum absolute atomic E-state index is 12.4. The molecule has 0 aromatic heterocycles. The van der Waals surface area contributed by atoms with Crippen LogP contribution in [-0.2, 0) is 0 Å². The second-order valence-electron chi connectivity index (χ2n) is 4.48. The molecule has 0 unspecified atom stereocenters. The van der Waals surface area contributed by atoms with Crippen molar-refractivity contribution in [3.05, 3.63) is 53.6 Å². The van der Waals surface area contributed by atoms with Crippen molar-refractivity contribution in [1.82, 2.24) is 0 Å². The largest absolute Gasteiger partial charge is 0.508 e. The van der Waals surface area contributed by atoms with Crippen LogP contribution in [0.25, 0.3) is 0 Å². The maximum Gasteiger partial charge on any atom is 0.261 e. The van der Waals surface area contributed by atoms with Crippen molar-refractivity contribution >= 4 is 28.8 Å². The molecule has 0 bridgehead atoms. The summed E-state index contributed by atoms with van der Waals surface area (Å²) in [6, 6.07) is 10.7. The lowest BCUT2D eigenvalue weighted by molar-refractivity contribution is 0.0990. The number of hydrogen-bond donors (Lipinski definition) is 3. The Balaban J connectivity index is 2.37. The predicted molar refractivity (Wildman–Crippen MR) is 84.8 cm³/mol. The maximum atomic E-state index is 12.4. The Kier molecular flexibility index (Phi) is 4.09. The number of hydrogen-bond acceptors (Lipinski definition) is 4. The number of rotatable bonds is 3. The zero-order valence-corrected chi connectivity index (χ0v) is 12.1. The zero-order valence-electron chi connectivity index (χ0n) is 11.3. The van der Waals surface area contributed by atoms with Gasteiger partial charge in [-0.2, -0.15) is 0 Å². The van der Waals surface area contributed by atoms with Crippen LogP contribution < -0.4 is 10.6 Å². The Morgan fingerprint density at radius 3 is 2.57 bits per heavy atom. The second kappa shape index (κ2) is 5.80. The van der Waals surface area contributed by atoms with E-state index >= 15 is 0 Å². The van der Waals surface area contributed by atoms with Gasteiger partial charge in [-0.1, -0.05) is 24.4 Å². The first-order chi connectivity index (χ1) is 9.90. The van der Waals surface area contributed by atoms with Gasteiger partial charge in [0.25, 0.3) is 5.91 Å². The number of phenols is 2. The Labute approximate surface area is 127 Å². The third-order valence-corrected chi connectivity index (χ3v) is 3.27. The van der Waals surface area contributed by atoms with Crippen LogP contribution in [0.1, 0.15) is 15.9 Å². The lowest BCUT2D eigenvalue weighted by Gasteiger charge is -2.18. The van der Waals surface area contributed by atoms with Gasteiger partial charge in [-0.15, -0.1) is 0 Å². The first kappa shape index (κ1) is 14.8. The van der Waals surface area contributed by atoms with Crippen LogP contribution in [0.4, 0.5) is 5.69 Å². The fourth-order valence-electron chi connectivity index (χ4n) is 1.86. The zero-order chi connectivity index (χ0) is 15.6. The molecule has 4 N–H and O–H groups in total. The molecule has 108 valence electrons. The standard InChI is InChI=1S/C15H14N2O3S/c1-17(10-4-2-3-9(7-10)14(16)21)15(20)12-8-11(18)5-6-13(12)19/h2-8,18-19H,1H3,(H2,16,21). The van der Waals surface area contributed by atoms with Crippen molar-refractivity contribution in [2.45, 2.75) is 0 Å². The molecule has 2 rings (SSSR count). The molecule has 0 aliphatic heterocycles. The van der Waals surface area contributed by atoms with Crippen molar-refractivity contribution in [2.75, 3.05) is 11.9 Å². The van der Waals surface area contributed by atoms with Crippen LogP contribution in [0.2, 0.25) is 0 Å². The summed E-state index contributed by atoms with van der Waals surface area (Å²) in [5.74, 6) is -0.750. The quantitative estimate of drug-likeness (QED) is 0.596. The lowest BCUT2D eigenvalue weighted by Crippen LogP contribution is -2.26. The van der Waals surface area contributed by atoms with E-state index in [0.29, 0.717) is 11.3 Å². The number of phenolic OH excluding ortho intramolecular Hbond substituents is 2. The summed E-state index contributed by atoms with van der Waals surface area (Å²) in [6.45, 7) is 0. The summed E-state index contributed by atoms with van der Waals surface area (Å²) in [7, 11) is 1.56. The van der Waals surface area contributed by atoms with Gasteiger partial charge in [0.2, 0.25) is 0 Å². The third-order valence-electron chi connectivity index (χ3n) is 3.03. The van der Waals surface area contributed by atoms with Gasteiger partial charge in [0, 0.05) is 18.3 Å². The molecule has 0 radical (unpaired) electrons. The van der Waals surface area contributed by atoms with Crippen LogP contribution in [0.5, 0.6) is 11.5 Å². The fraction of sp³-hybridized carbons (Fsp3) is 0.0667. The van der Waals surface area contributed by atoms with E-state index in [-0.39, 0.29) is 22.1 Å². The van der Waals surface area contributed by atoms with Gasteiger partial charge in [-0.05, 0) is 30.3 Å². The van der Waals surface area contributed by atoms with Gasteiger partial charge in [0.05, 0.1) is 5.56 Å². The fourth-order valence-corrected chi connectivity index (χ4v) is 1.99. The van der Waals surface area contributed by atoms with Crippen LogP contribution in [0, 0.1) is 0 Å². The van der Waals surface area contributed by atoms with Crippen LogP contribution in [-0.4, -0.2) is 28.2 Å². The number of carbonyl (C=O) groups is 1. The number of amides is 1. The number of nitrogens with two attached hydrogens (primary N) is 1. The summed E-state index contributed by atoms with van der Waals surface area (Å²) in [5.41, 5.74) is 6.80. The summed E-state index contributed by atoms with van der Waals surface area (Å²) >= 11 is 4.91. The molecule has 0 aliphatic carbocycles. The van der Waals surface area contributed by atoms with E-state index in [1.54, 1.807) is 31.3 Å². The minimum absolute atomic E-state index is 0.0122. The summed E-state index contributed by atoms with van der Waals surface area (Å²) in [5, 5.41) is 19.2. The summed E-state index contributed by atoms with van der Waals surface area (Å²) < 4.78 is 0. The van der Waals surface area contributed by atoms with Gasteiger partial charge >= 0.3 is 0 Å². The molecule has 5 nitrogen and oxygen atoms in total. The van der Waals surface area contributed by atoms with Gasteiger partial charge in [0.15, 0.2) is 0 Å². The second-order valence-corrected chi connectivity index (χ2v) is 4.92. The predicted octanol–water partition coefficient (Wildman–Crippen LogP) is 2.01. The molecule has 2 aromatic rings. The molecule has 0 fully saturated rings. The highest BCUT2D eigenvalue weighted by atomic mass is 32.1. The normalized spacial score (nSPS) is 10.1. The Morgan fingerprint density at radius 2 is 1.90 bits per heavy atom. The van der Waals surface area contributed by atoms with Crippen molar-refractivity contribution in [3.8, 4) is 11.5 Å². The molecule has 1 amide bonds. The molecule has 2 aromatic carbocycles. The smallest absolute Gasteiger partial charge is 0.261 e. The highest BCUT2D eigenvalue weighted by molar-refractivity contribution is 7.80. The molecular weight excluding hydrogens is 288 g/mol. The van der Waals surface area contributed by atoms with Crippen molar-refractivity contribution in [1.29, 1.82) is 0 Å². The van der Waals surface area contributed by atoms with Gasteiger partial charge < -0.3 is 20.8 Å². The van der Waals surface area contributed by atoms with E-state index in [0.717, 1.165) is 0 Å². The topological polar surface area (TPSA) is 86.8 Å². The van der Waals surface area contributed by atoms with Gasteiger partial charge in [0.1, 0.15) is 16.5 Å². The average molecular weight is 302 g/mol. The molecule has 6 heteroatoms. The Hall–Kier alpha value is -2.60. The van der Waals surface area contributed by atoms with Crippen LogP contribution in [0.15, 0.2) is 42.5 Å². The van der Waals surface area contributed by atoms with Crippen molar-refractivity contribution in [2.24, 2.45) is 5.73 Å². The minimum Gasteiger partial charge on any atom is -0.508 e. The Bertz CT molecular complexity index is 716. The van der Waals surface area contributed by atoms with Crippen molar-refractivity contribution < 1.29 is 15.0 Å². The number of carbonyl (C=O) groups excluding carboxylic acids is 1. The first-order valence-electron chi connectivity index (χ1n) is 6.10. The van der Waals surface area contributed by atoms with E-state index < -0.39 is 5.91 Å². The summed E-state index contributed by atoms with van der Waals surface area (Å²) in [4.78, 5) is 14.0. The molecule has 0 aliphatic rings. The highest BCUT2D eigenvalue weighted by Crippen LogP contribution is 2.25. The monoisotopic (exact) mass is 302 g/mol. The molecule has 0 saturated heterocycles. The van der Waals surface area contributed by atoms with E-state index in [1.165, 1.54) is 23.1 Å². The molecule has 0 atom stereocenters. The molecule has 0 saturated carbocycles. The number of thiocarbonyl (C=S) groups is 1. The van der Waals surface area contributed by atoms with E-state index in [1.807, 2.05) is 0 Å². The molecule has 21 heavy (non-hydrogen) atoms. The van der Waals surface area contributed by atoms with E-state index in [9.17, 15) is 15.0 Å². The van der Waals surface area contributed by atoms with E-state index in [2.05, 4.69) is 0 Å². The highest BCUT2D eigenvalue weighted by Gasteiger charge is 2.18. The number of anilines is 1. The van der Waals surface area contributed by atoms with Crippen LogP contribution >= 0.6 is 12.2 Å². The first-order valence-corrected chi connectivity index (χ1v) is 6.51. The van der Waals surface area contributed by atoms with Crippen molar-refractivity contribution in [3.63, 3.8) is 0 Å². The van der Waals surface area contributed by atoms with Gasteiger partial charge in [-0.25, -0.2) is 0 Å². The Morgan fingerprint density at radius 1 is 1.19 bits per heavy atom. The third kappa shape index (κ3) is 3.11. The minimum atomic E-state index is -0.455. The number of nitrogens with zero attached hydrogens (tertiary/aromatic N) is 1. The van der Waals surface area contributed by atoms with Crippen LogP contribution in [0.3, 0.4) is 0 Å². The molecular formula is C15H14N2O3S. The number of benzene rings is 2. The SMILES string of the molecule is CN(C(=O)c1cc(O)ccc1O)c1cccc(C(N)=S)c1. The molecule has 0 spiro atoms. The molecule has 0 heterocycles. The summed E-state index contributed by atoms with van der Waals surface area (Å²) in [6.07, 6.45) is 0. The van der Waals surface area contributed by atoms with E-state index in [4.69, 9.17) is 18.0 Å². The number of aromatic hydroxyl groups is 2. The average Bonchev–Trinajstić information content (AvgIpc) is 2.48. The van der Waals surface area contributed by atoms with Gasteiger partial charge in [-0.3, -0.25) is 4.79 Å².